The summed E-state index contributed by atoms with van der Waals surface area (Å²) >= 11 is 11.9. The van der Waals surface area contributed by atoms with Crippen molar-refractivity contribution in [2.45, 2.75) is 31.5 Å². The third-order valence-corrected chi connectivity index (χ3v) is 7.38. The van der Waals surface area contributed by atoms with Crippen LogP contribution in [0.2, 0.25) is 10.0 Å². The van der Waals surface area contributed by atoms with Crippen LogP contribution in [-0.2, 0) is 0 Å². The molecule has 2 heterocycles. The zero-order chi connectivity index (χ0) is 31.2. The molecule has 2 saturated heterocycles. The fourth-order valence-electron chi connectivity index (χ4n) is 4.70. The number of hydrogen-bond acceptors (Lipinski definition) is 6. The van der Waals surface area contributed by atoms with Crippen LogP contribution in [0.15, 0.2) is 48.5 Å². The maximum absolute atomic E-state index is 12.1. The molecular weight excluding hydrogens is 591 g/mol. The summed E-state index contributed by atoms with van der Waals surface area (Å²) in [6, 6.07) is 14.9. The Morgan fingerprint density at radius 3 is 1.81 bits per heavy atom. The first kappa shape index (κ1) is 34.6. The molecule has 0 bridgehead atoms. The molecule has 2 aromatic carbocycles. The number of amides is 4. The minimum Gasteiger partial charge on any atom is -0.489 e. The number of benzene rings is 2. The van der Waals surface area contributed by atoms with E-state index < -0.39 is 0 Å². The lowest BCUT2D eigenvalue weighted by Gasteiger charge is -2.18. The molecule has 4 amide bonds. The van der Waals surface area contributed by atoms with Gasteiger partial charge in [-0.15, -0.1) is 0 Å². The van der Waals surface area contributed by atoms with Gasteiger partial charge in [0.1, 0.15) is 23.7 Å². The molecule has 4 rings (SSSR count). The molecule has 2 atom stereocenters. The Kier molecular flexibility index (Phi) is 14.5. The SMILES string of the molecule is CN(C)CCCNC(=O)N1CCC(Oc2cc(Cl)cc(Cl)c2)C1.CN(C)CCNC(=O)N1CCC(Oc2ccccc2)C1. The summed E-state index contributed by atoms with van der Waals surface area (Å²) in [5.41, 5.74) is 0. The lowest BCUT2D eigenvalue weighted by Crippen LogP contribution is -2.41. The van der Waals surface area contributed by atoms with Gasteiger partial charge >= 0.3 is 12.1 Å². The molecule has 10 nitrogen and oxygen atoms in total. The highest BCUT2D eigenvalue weighted by atomic mass is 35.5. The maximum atomic E-state index is 12.1. The topological polar surface area (TPSA) is 89.6 Å². The van der Waals surface area contributed by atoms with Gasteiger partial charge in [-0.25, -0.2) is 9.59 Å². The van der Waals surface area contributed by atoms with Crippen molar-refractivity contribution in [3.8, 4) is 11.5 Å². The number of rotatable bonds is 11. The molecule has 0 spiro atoms. The Balaban J connectivity index is 0.000000238. The van der Waals surface area contributed by atoms with E-state index in [4.69, 9.17) is 32.7 Å². The van der Waals surface area contributed by atoms with Crippen LogP contribution in [-0.4, -0.2) is 124 Å². The monoisotopic (exact) mass is 636 g/mol. The minimum atomic E-state index is -0.0305. The van der Waals surface area contributed by atoms with Gasteiger partial charge in [-0.3, -0.25) is 0 Å². The van der Waals surface area contributed by atoms with Crippen molar-refractivity contribution in [1.29, 1.82) is 0 Å². The largest absolute Gasteiger partial charge is 0.489 e. The Morgan fingerprint density at radius 1 is 0.767 bits per heavy atom. The van der Waals surface area contributed by atoms with E-state index in [1.54, 1.807) is 23.1 Å². The number of urea groups is 2. The van der Waals surface area contributed by atoms with E-state index in [0.717, 1.165) is 44.6 Å². The van der Waals surface area contributed by atoms with Gasteiger partial charge in [0.2, 0.25) is 0 Å². The molecule has 2 aromatic rings. The second-order valence-corrected chi connectivity index (χ2v) is 12.2. The van der Waals surface area contributed by atoms with Crippen LogP contribution < -0.4 is 20.1 Å². The summed E-state index contributed by atoms with van der Waals surface area (Å²) in [5, 5.41) is 6.96. The summed E-state index contributed by atoms with van der Waals surface area (Å²) in [6.07, 6.45) is 2.69. The lowest BCUT2D eigenvalue weighted by atomic mass is 10.3. The van der Waals surface area contributed by atoms with Crippen LogP contribution in [0.5, 0.6) is 11.5 Å². The first-order chi connectivity index (χ1) is 20.6. The number of nitrogens with zero attached hydrogens (tertiary/aromatic N) is 4. The van der Waals surface area contributed by atoms with Gasteiger partial charge < -0.3 is 39.7 Å². The van der Waals surface area contributed by atoms with Crippen LogP contribution >= 0.6 is 23.2 Å². The van der Waals surface area contributed by atoms with Crippen LogP contribution in [0, 0.1) is 0 Å². The predicted octanol–water partition coefficient (Wildman–Crippen LogP) is 4.52. The summed E-state index contributed by atoms with van der Waals surface area (Å²) in [6.45, 7) is 5.84. The zero-order valence-electron chi connectivity index (χ0n) is 25.7. The number of hydrogen-bond donors (Lipinski definition) is 2. The van der Waals surface area contributed by atoms with E-state index in [9.17, 15) is 9.59 Å². The Hall–Kier alpha value is -2.92. The number of ether oxygens (including phenoxy) is 2. The second kappa shape index (κ2) is 18.0. The zero-order valence-corrected chi connectivity index (χ0v) is 27.2. The first-order valence-electron chi connectivity index (χ1n) is 14.8. The Bertz CT molecular complexity index is 1120. The number of carbonyl (C=O) groups excluding carboxylic acids is 2. The van der Waals surface area contributed by atoms with Crippen LogP contribution in [0.1, 0.15) is 19.3 Å². The van der Waals surface area contributed by atoms with E-state index in [1.165, 1.54) is 0 Å². The maximum Gasteiger partial charge on any atom is 0.317 e. The van der Waals surface area contributed by atoms with Gasteiger partial charge in [0.05, 0.1) is 13.1 Å². The fraction of sp³-hybridized carbons (Fsp3) is 0.548. The molecule has 2 fully saturated rings. The number of likely N-dealkylation sites (N-methyl/N-ethyl adjacent to an activating group) is 1. The predicted molar refractivity (Wildman–Crippen MR) is 173 cm³/mol. The minimum absolute atomic E-state index is 0.00557. The summed E-state index contributed by atoms with van der Waals surface area (Å²) in [5.74, 6) is 1.51. The van der Waals surface area contributed by atoms with Crippen LogP contribution in [0.25, 0.3) is 0 Å². The highest BCUT2D eigenvalue weighted by molar-refractivity contribution is 6.34. The van der Waals surface area contributed by atoms with E-state index in [-0.39, 0.29) is 24.3 Å². The van der Waals surface area contributed by atoms with Crippen molar-refractivity contribution in [2.24, 2.45) is 0 Å². The molecule has 0 radical (unpaired) electrons. The Morgan fingerprint density at radius 2 is 1.28 bits per heavy atom. The highest BCUT2D eigenvalue weighted by Crippen LogP contribution is 2.26. The van der Waals surface area contributed by atoms with Gasteiger partial charge in [-0.2, -0.15) is 0 Å². The molecule has 2 unspecified atom stereocenters. The fourth-order valence-corrected chi connectivity index (χ4v) is 5.20. The summed E-state index contributed by atoms with van der Waals surface area (Å²) < 4.78 is 11.7. The van der Waals surface area contributed by atoms with Crippen LogP contribution in [0.3, 0.4) is 0 Å². The quantitative estimate of drug-likeness (QED) is 0.353. The van der Waals surface area contributed by atoms with Crippen LogP contribution in [0.4, 0.5) is 9.59 Å². The van der Waals surface area contributed by atoms with Crippen molar-refractivity contribution >= 4 is 35.3 Å². The number of likely N-dealkylation sites (tertiary alicyclic amines) is 2. The van der Waals surface area contributed by atoms with Crippen molar-refractivity contribution in [3.05, 3.63) is 58.6 Å². The number of nitrogens with one attached hydrogen (secondary N) is 2. The average Bonchev–Trinajstić information content (AvgIpc) is 3.61. The molecule has 2 aliphatic heterocycles. The standard InChI is InChI=1S/C16H23Cl2N3O2.C15H23N3O2/c1-20(2)6-3-5-19-16(22)21-7-4-14(11-21)23-15-9-12(17)8-13(18)10-15;1-17(2)11-9-16-15(19)18-10-8-14(12-18)20-13-6-4-3-5-7-13/h8-10,14H,3-7,11H2,1-2H3,(H,19,22);3-7,14H,8-12H2,1-2H3,(H,16,19). The van der Waals surface area contributed by atoms with Crippen molar-refractivity contribution in [3.63, 3.8) is 0 Å². The average molecular weight is 638 g/mol. The number of halogens is 2. The van der Waals surface area contributed by atoms with Gasteiger partial charge in [0.15, 0.2) is 0 Å². The van der Waals surface area contributed by atoms with Crippen molar-refractivity contribution < 1.29 is 19.1 Å². The van der Waals surface area contributed by atoms with Gasteiger partial charge in [0.25, 0.3) is 0 Å². The van der Waals surface area contributed by atoms with E-state index in [2.05, 4.69) is 15.5 Å². The second-order valence-electron chi connectivity index (χ2n) is 11.3. The smallest absolute Gasteiger partial charge is 0.317 e. The molecule has 238 valence electrons. The van der Waals surface area contributed by atoms with Crippen molar-refractivity contribution in [2.75, 3.05) is 80.5 Å². The molecule has 0 saturated carbocycles. The van der Waals surface area contributed by atoms with Crippen molar-refractivity contribution in [1.82, 2.24) is 30.2 Å². The first-order valence-corrected chi connectivity index (χ1v) is 15.5. The summed E-state index contributed by atoms with van der Waals surface area (Å²) in [7, 11) is 8.02. The molecule has 2 aliphatic rings. The number of carbonyl (C=O) groups is 2. The third kappa shape index (κ3) is 13.1. The highest BCUT2D eigenvalue weighted by Gasteiger charge is 2.28. The normalized spacial score (nSPS) is 18.0. The van der Waals surface area contributed by atoms with E-state index in [0.29, 0.717) is 48.5 Å². The van der Waals surface area contributed by atoms with Gasteiger partial charge in [-0.05, 0) is 71.5 Å². The summed E-state index contributed by atoms with van der Waals surface area (Å²) in [4.78, 5) is 31.8. The molecule has 0 aromatic heterocycles. The molecule has 2 N–H and O–H groups in total. The van der Waals surface area contributed by atoms with E-state index >= 15 is 0 Å². The third-order valence-electron chi connectivity index (χ3n) is 6.94. The van der Waals surface area contributed by atoms with Gasteiger partial charge in [0, 0.05) is 55.6 Å². The molecule has 43 heavy (non-hydrogen) atoms. The van der Waals surface area contributed by atoms with Gasteiger partial charge in [-0.1, -0.05) is 41.4 Å². The van der Waals surface area contributed by atoms with E-state index in [1.807, 2.05) is 68.3 Å². The number of para-hydroxylation sites is 1. The molecular formula is C31H46Cl2N6O4. The lowest BCUT2D eigenvalue weighted by molar-refractivity contribution is 0.186. The molecule has 0 aliphatic carbocycles. The Labute approximate surface area is 266 Å². The molecule has 12 heteroatoms.